The number of aryl methyl sites for hydroxylation is 2. The lowest BCUT2D eigenvalue weighted by atomic mass is 10.2. The highest BCUT2D eigenvalue weighted by Crippen LogP contribution is 2.23. The minimum Gasteiger partial charge on any atom is -0.451 e. The average molecular weight is 289 g/mol. The summed E-state index contributed by atoms with van der Waals surface area (Å²) in [6.45, 7) is 3.84. The maximum Gasteiger partial charge on any atom is 0.305 e. The van der Waals surface area contributed by atoms with Crippen LogP contribution in [0.25, 0.3) is 11.0 Å². The lowest BCUT2D eigenvalue weighted by Crippen LogP contribution is -2.24. The third-order valence-electron chi connectivity index (χ3n) is 3.19. The summed E-state index contributed by atoms with van der Waals surface area (Å²) < 4.78 is 7.25. The van der Waals surface area contributed by atoms with Crippen LogP contribution in [0.1, 0.15) is 21.9 Å². The normalized spacial score (nSPS) is 10.9. The van der Waals surface area contributed by atoms with E-state index in [1.165, 1.54) is 0 Å². The fourth-order valence-electron chi connectivity index (χ4n) is 2.13. The van der Waals surface area contributed by atoms with Gasteiger partial charge in [0.25, 0.3) is 0 Å². The van der Waals surface area contributed by atoms with E-state index in [4.69, 9.17) is 16.0 Å². The number of furan rings is 1. The van der Waals surface area contributed by atoms with Gasteiger partial charge in [-0.2, -0.15) is 0 Å². The standard InChI is InChI=1S/C15H13ClN2O2/c1-9-3-4-10(2)18(9)17-15(19)14-8-11-7-12(16)5-6-13(11)20-14/h3-8H,1-2H3,(H,17,19). The lowest BCUT2D eigenvalue weighted by Gasteiger charge is -2.09. The second-order valence-corrected chi connectivity index (χ2v) is 5.12. The van der Waals surface area contributed by atoms with Gasteiger partial charge in [0.2, 0.25) is 0 Å². The topological polar surface area (TPSA) is 47.2 Å². The summed E-state index contributed by atoms with van der Waals surface area (Å²) in [5.74, 6) is -0.0329. The van der Waals surface area contributed by atoms with Crippen molar-refractivity contribution in [2.24, 2.45) is 0 Å². The maximum atomic E-state index is 12.2. The molecule has 0 spiro atoms. The summed E-state index contributed by atoms with van der Waals surface area (Å²) in [5, 5.41) is 1.42. The van der Waals surface area contributed by atoms with Crippen molar-refractivity contribution in [3.63, 3.8) is 0 Å². The zero-order valence-corrected chi connectivity index (χ0v) is 11.9. The number of halogens is 1. The van der Waals surface area contributed by atoms with Crippen molar-refractivity contribution in [3.8, 4) is 0 Å². The predicted octanol–water partition coefficient (Wildman–Crippen LogP) is 3.89. The quantitative estimate of drug-likeness (QED) is 0.777. The zero-order valence-electron chi connectivity index (χ0n) is 11.1. The van der Waals surface area contributed by atoms with Crippen LogP contribution in [0.15, 0.2) is 40.8 Å². The van der Waals surface area contributed by atoms with Crippen molar-refractivity contribution in [2.75, 3.05) is 5.43 Å². The van der Waals surface area contributed by atoms with Crippen LogP contribution in [-0.2, 0) is 0 Å². The summed E-state index contributed by atoms with van der Waals surface area (Å²) in [6, 6.07) is 10.8. The van der Waals surface area contributed by atoms with Crippen molar-refractivity contribution in [1.29, 1.82) is 0 Å². The molecule has 1 aromatic carbocycles. The van der Waals surface area contributed by atoms with E-state index in [1.807, 2.05) is 26.0 Å². The van der Waals surface area contributed by atoms with Gasteiger partial charge in [-0.1, -0.05) is 11.6 Å². The number of hydrogen-bond acceptors (Lipinski definition) is 2. The molecule has 0 aliphatic rings. The highest BCUT2D eigenvalue weighted by Gasteiger charge is 2.14. The third-order valence-corrected chi connectivity index (χ3v) is 3.42. The number of nitrogens with zero attached hydrogens (tertiary/aromatic N) is 1. The van der Waals surface area contributed by atoms with Gasteiger partial charge in [-0.3, -0.25) is 14.9 Å². The van der Waals surface area contributed by atoms with Crippen molar-refractivity contribution >= 4 is 28.5 Å². The molecular formula is C15H13ClN2O2. The van der Waals surface area contributed by atoms with Gasteiger partial charge in [-0.15, -0.1) is 0 Å². The van der Waals surface area contributed by atoms with E-state index in [9.17, 15) is 4.79 Å². The van der Waals surface area contributed by atoms with E-state index in [1.54, 1.807) is 28.9 Å². The molecule has 2 heterocycles. The molecule has 3 aromatic rings. The van der Waals surface area contributed by atoms with Gasteiger partial charge in [-0.25, -0.2) is 0 Å². The van der Waals surface area contributed by atoms with E-state index in [0.717, 1.165) is 16.8 Å². The van der Waals surface area contributed by atoms with E-state index in [2.05, 4.69) is 5.43 Å². The molecule has 0 radical (unpaired) electrons. The molecule has 1 amide bonds. The number of nitrogens with one attached hydrogen (secondary N) is 1. The van der Waals surface area contributed by atoms with Crippen molar-refractivity contribution in [3.05, 3.63) is 58.6 Å². The molecule has 0 atom stereocenters. The molecule has 5 heteroatoms. The molecule has 0 aliphatic heterocycles. The maximum absolute atomic E-state index is 12.2. The van der Waals surface area contributed by atoms with Gasteiger partial charge in [0.15, 0.2) is 5.76 Å². The Balaban J connectivity index is 1.93. The second-order valence-electron chi connectivity index (χ2n) is 4.69. The SMILES string of the molecule is Cc1ccc(C)n1NC(=O)c1cc2cc(Cl)ccc2o1. The molecule has 0 aliphatic carbocycles. The first-order chi connectivity index (χ1) is 9.54. The van der Waals surface area contributed by atoms with Crippen LogP contribution < -0.4 is 5.43 Å². The van der Waals surface area contributed by atoms with E-state index in [-0.39, 0.29) is 11.7 Å². The smallest absolute Gasteiger partial charge is 0.305 e. The fourth-order valence-corrected chi connectivity index (χ4v) is 2.31. The van der Waals surface area contributed by atoms with Crippen LogP contribution in [0.2, 0.25) is 5.02 Å². The van der Waals surface area contributed by atoms with Gasteiger partial charge in [-0.05, 0) is 50.2 Å². The first-order valence-corrected chi connectivity index (χ1v) is 6.58. The number of carbonyl (C=O) groups excluding carboxylic acids is 1. The van der Waals surface area contributed by atoms with Gasteiger partial charge in [0.05, 0.1) is 0 Å². The molecule has 0 fully saturated rings. The molecule has 3 rings (SSSR count). The fraction of sp³-hybridized carbons (Fsp3) is 0.133. The van der Waals surface area contributed by atoms with Crippen LogP contribution in [0.5, 0.6) is 0 Å². The summed E-state index contributed by atoms with van der Waals surface area (Å²) in [4.78, 5) is 12.2. The Labute approximate surface area is 120 Å². The largest absolute Gasteiger partial charge is 0.451 e. The minimum absolute atomic E-state index is 0.259. The van der Waals surface area contributed by atoms with E-state index >= 15 is 0 Å². The molecule has 0 saturated heterocycles. The number of benzene rings is 1. The summed E-state index contributed by atoms with van der Waals surface area (Å²) in [6.07, 6.45) is 0. The molecule has 4 nitrogen and oxygen atoms in total. The van der Waals surface area contributed by atoms with E-state index in [0.29, 0.717) is 10.6 Å². The number of carbonyl (C=O) groups is 1. The third kappa shape index (κ3) is 2.18. The van der Waals surface area contributed by atoms with Gasteiger partial charge in [0.1, 0.15) is 5.58 Å². The number of amides is 1. The first-order valence-electron chi connectivity index (χ1n) is 6.20. The molecule has 102 valence electrons. The molecule has 20 heavy (non-hydrogen) atoms. The number of aromatic nitrogens is 1. The molecule has 0 saturated carbocycles. The highest BCUT2D eigenvalue weighted by molar-refractivity contribution is 6.31. The van der Waals surface area contributed by atoms with Crippen LogP contribution in [0.3, 0.4) is 0 Å². The first kappa shape index (κ1) is 12.8. The summed E-state index contributed by atoms with van der Waals surface area (Å²) in [5.41, 5.74) is 5.35. The number of fused-ring (bicyclic) bond motifs is 1. The van der Waals surface area contributed by atoms with Gasteiger partial charge < -0.3 is 4.42 Å². The molecule has 0 unspecified atom stereocenters. The van der Waals surface area contributed by atoms with Crippen molar-refractivity contribution < 1.29 is 9.21 Å². The monoisotopic (exact) mass is 288 g/mol. The zero-order chi connectivity index (χ0) is 14.3. The highest BCUT2D eigenvalue weighted by atomic mass is 35.5. The molecular weight excluding hydrogens is 276 g/mol. The second kappa shape index (κ2) is 4.72. The molecule has 2 aromatic heterocycles. The van der Waals surface area contributed by atoms with Crippen molar-refractivity contribution in [2.45, 2.75) is 13.8 Å². The van der Waals surface area contributed by atoms with Crippen LogP contribution in [-0.4, -0.2) is 10.6 Å². The van der Waals surface area contributed by atoms with E-state index < -0.39 is 0 Å². The Morgan fingerprint density at radius 1 is 1.15 bits per heavy atom. The average Bonchev–Trinajstić information content (AvgIpc) is 2.96. The Hall–Kier alpha value is -2.20. The minimum atomic E-state index is -0.292. The molecule has 1 N–H and O–H groups in total. The van der Waals surface area contributed by atoms with Crippen molar-refractivity contribution in [1.82, 2.24) is 4.68 Å². The van der Waals surface area contributed by atoms with Crippen LogP contribution in [0, 0.1) is 13.8 Å². The Bertz CT molecular complexity index is 782. The predicted molar refractivity (Wildman–Crippen MR) is 78.8 cm³/mol. The van der Waals surface area contributed by atoms with Crippen LogP contribution in [0.4, 0.5) is 0 Å². The Kier molecular flexibility index (Phi) is 3.03. The number of rotatable bonds is 2. The summed E-state index contributed by atoms with van der Waals surface area (Å²) in [7, 11) is 0. The Morgan fingerprint density at radius 2 is 1.85 bits per heavy atom. The number of hydrogen-bond donors (Lipinski definition) is 1. The summed E-state index contributed by atoms with van der Waals surface area (Å²) >= 11 is 5.92. The van der Waals surface area contributed by atoms with Gasteiger partial charge >= 0.3 is 5.91 Å². The Morgan fingerprint density at radius 3 is 2.55 bits per heavy atom. The van der Waals surface area contributed by atoms with Gasteiger partial charge in [0, 0.05) is 21.8 Å². The van der Waals surface area contributed by atoms with Crippen LogP contribution >= 0.6 is 11.6 Å². The molecule has 0 bridgehead atoms. The lowest BCUT2D eigenvalue weighted by molar-refractivity contribution is 0.0983.